The second kappa shape index (κ2) is 6.72. The number of ether oxygens (including phenoxy) is 1. The summed E-state index contributed by atoms with van der Waals surface area (Å²) in [5.41, 5.74) is 2.62. The average Bonchev–Trinajstić information content (AvgIpc) is 2.55. The Kier molecular flexibility index (Phi) is 4.48. The summed E-state index contributed by atoms with van der Waals surface area (Å²) in [5.74, 6) is 0.777. The molecule has 2 N–H and O–H groups in total. The molecule has 0 unspecified atom stereocenters. The van der Waals surface area contributed by atoms with Crippen molar-refractivity contribution < 1.29 is 9.15 Å². The van der Waals surface area contributed by atoms with E-state index in [0.717, 1.165) is 28.1 Å². The van der Waals surface area contributed by atoms with Gasteiger partial charge in [0.1, 0.15) is 11.3 Å². The first-order chi connectivity index (χ1) is 11.5. The quantitative estimate of drug-likeness (QED) is 0.557. The van der Waals surface area contributed by atoms with Crippen molar-refractivity contribution in [2.75, 3.05) is 17.7 Å². The van der Waals surface area contributed by atoms with Crippen molar-refractivity contribution in [2.24, 2.45) is 0 Å². The molecule has 3 rings (SSSR count). The van der Waals surface area contributed by atoms with E-state index in [1.54, 1.807) is 13.2 Å². The second-order valence-corrected chi connectivity index (χ2v) is 5.68. The third-order valence-electron chi connectivity index (χ3n) is 3.56. The SMILES string of the molecule is COc1ccc(NC(=S)Nc2ccc3c(C)cc(=O)oc3c2)cc1. The molecule has 0 saturated carbocycles. The van der Waals surface area contributed by atoms with E-state index in [-0.39, 0.29) is 5.63 Å². The predicted octanol–water partition coefficient (Wildman–Crippen LogP) is 3.92. The van der Waals surface area contributed by atoms with Gasteiger partial charge in [-0.2, -0.15) is 0 Å². The lowest BCUT2D eigenvalue weighted by molar-refractivity contribution is 0.415. The molecule has 0 aliphatic carbocycles. The topological polar surface area (TPSA) is 63.5 Å². The summed E-state index contributed by atoms with van der Waals surface area (Å²) in [7, 11) is 1.62. The van der Waals surface area contributed by atoms with Crippen molar-refractivity contribution in [3.8, 4) is 5.75 Å². The Morgan fingerprint density at radius 3 is 2.42 bits per heavy atom. The highest BCUT2D eigenvalue weighted by Crippen LogP contribution is 2.21. The monoisotopic (exact) mass is 340 g/mol. The van der Waals surface area contributed by atoms with Gasteiger partial charge in [-0.05, 0) is 61.1 Å². The summed E-state index contributed by atoms with van der Waals surface area (Å²) in [6.45, 7) is 1.88. The lowest BCUT2D eigenvalue weighted by atomic mass is 10.1. The molecule has 5 nitrogen and oxygen atoms in total. The maximum absolute atomic E-state index is 11.5. The molecule has 3 aromatic rings. The Morgan fingerprint density at radius 2 is 1.71 bits per heavy atom. The normalized spacial score (nSPS) is 10.4. The van der Waals surface area contributed by atoms with Crippen LogP contribution < -0.4 is 21.0 Å². The Labute approximate surface area is 144 Å². The second-order valence-electron chi connectivity index (χ2n) is 5.27. The van der Waals surface area contributed by atoms with Crippen LogP contribution in [0.3, 0.4) is 0 Å². The largest absolute Gasteiger partial charge is 0.497 e. The number of fused-ring (bicyclic) bond motifs is 1. The van der Waals surface area contributed by atoms with Crippen LogP contribution in [0, 0.1) is 6.92 Å². The minimum atomic E-state index is -0.365. The van der Waals surface area contributed by atoms with Crippen LogP contribution in [0.4, 0.5) is 11.4 Å². The van der Waals surface area contributed by atoms with E-state index in [0.29, 0.717) is 10.7 Å². The number of aryl methyl sites for hydroxylation is 1. The van der Waals surface area contributed by atoms with Gasteiger partial charge in [0.15, 0.2) is 5.11 Å². The zero-order valence-electron chi connectivity index (χ0n) is 13.3. The highest BCUT2D eigenvalue weighted by molar-refractivity contribution is 7.80. The summed E-state index contributed by atoms with van der Waals surface area (Å²) < 4.78 is 10.4. The Balaban J connectivity index is 1.76. The fourth-order valence-corrected chi connectivity index (χ4v) is 2.61. The molecule has 0 bridgehead atoms. The fourth-order valence-electron chi connectivity index (χ4n) is 2.37. The Morgan fingerprint density at radius 1 is 1.04 bits per heavy atom. The maximum atomic E-state index is 11.5. The van der Waals surface area contributed by atoms with Crippen LogP contribution in [0.2, 0.25) is 0 Å². The van der Waals surface area contributed by atoms with Crippen molar-refractivity contribution in [1.29, 1.82) is 0 Å². The zero-order valence-corrected chi connectivity index (χ0v) is 14.1. The van der Waals surface area contributed by atoms with Crippen LogP contribution in [0.1, 0.15) is 5.56 Å². The van der Waals surface area contributed by atoms with E-state index in [9.17, 15) is 4.79 Å². The molecule has 6 heteroatoms. The summed E-state index contributed by atoms with van der Waals surface area (Å²) in [6, 6.07) is 14.4. The Hall–Kier alpha value is -2.86. The molecule has 24 heavy (non-hydrogen) atoms. The fraction of sp³-hybridized carbons (Fsp3) is 0.111. The van der Waals surface area contributed by atoms with Crippen molar-refractivity contribution in [3.63, 3.8) is 0 Å². The van der Waals surface area contributed by atoms with Crippen molar-refractivity contribution in [3.05, 3.63) is 64.5 Å². The van der Waals surface area contributed by atoms with Gasteiger partial charge in [0, 0.05) is 28.9 Å². The van der Waals surface area contributed by atoms with Crippen LogP contribution >= 0.6 is 12.2 Å². The molecule has 1 heterocycles. The molecule has 2 aromatic carbocycles. The van der Waals surface area contributed by atoms with Crippen molar-refractivity contribution in [1.82, 2.24) is 0 Å². The average molecular weight is 340 g/mol. The number of thiocarbonyl (C=S) groups is 1. The number of benzene rings is 2. The number of nitrogens with one attached hydrogen (secondary N) is 2. The van der Waals surface area contributed by atoms with E-state index in [1.165, 1.54) is 6.07 Å². The van der Waals surface area contributed by atoms with Crippen LogP contribution in [0.5, 0.6) is 5.75 Å². The van der Waals surface area contributed by atoms with Gasteiger partial charge in [-0.15, -0.1) is 0 Å². The third-order valence-corrected chi connectivity index (χ3v) is 3.76. The lowest BCUT2D eigenvalue weighted by Gasteiger charge is -2.11. The van der Waals surface area contributed by atoms with E-state index >= 15 is 0 Å². The van der Waals surface area contributed by atoms with Gasteiger partial charge in [-0.1, -0.05) is 0 Å². The molecule has 0 aliphatic heterocycles. The van der Waals surface area contributed by atoms with Gasteiger partial charge in [0.2, 0.25) is 0 Å². The number of methoxy groups -OCH3 is 1. The molecule has 0 atom stereocenters. The van der Waals surface area contributed by atoms with Gasteiger partial charge in [0.25, 0.3) is 0 Å². The highest BCUT2D eigenvalue weighted by atomic mass is 32.1. The molecular weight excluding hydrogens is 324 g/mol. The van der Waals surface area contributed by atoms with Crippen molar-refractivity contribution >= 4 is 39.7 Å². The van der Waals surface area contributed by atoms with Crippen molar-refractivity contribution in [2.45, 2.75) is 6.92 Å². The van der Waals surface area contributed by atoms with Gasteiger partial charge in [-0.3, -0.25) is 0 Å². The predicted molar refractivity (Wildman–Crippen MR) is 100 cm³/mol. The summed E-state index contributed by atoms with van der Waals surface area (Å²) >= 11 is 5.31. The molecule has 0 saturated heterocycles. The lowest BCUT2D eigenvalue weighted by Crippen LogP contribution is -2.19. The van der Waals surface area contributed by atoms with Gasteiger partial charge < -0.3 is 19.8 Å². The van der Waals surface area contributed by atoms with E-state index < -0.39 is 0 Å². The minimum Gasteiger partial charge on any atom is -0.497 e. The zero-order chi connectivity index (χ0) is 17.1. The molecule has 0 amide bonds. The Bertz CT molecular complexity index is 949. The molecule has 122 valence electrons. The van der Waals surface area contributed by atoms with Gasteiger partial charge in [0.05, 0.1) is 7.11 Å². The third kappa shape index (κ3) is 3.55. The standard InChI is InChI=1S/C18H16N2O3S/c1-11-9-17(21)23-16-10-13(5-8-15(11)16)20-18(24)19-12-3-6-14(22-2)7-4-12/h3-10H,1-2H3,(H2,19,20,24). The molecular formula is C18H16N2O3S. The smallest absolute Gasteiger partial charge is 0.336 e. The first-order valence-corrected chi connectivity index (χ1v) is 7.72. The van der Waals surface area contributed by atoms with Gasteiger partial charge >= 0.3 is 5.63 Å². The molecule has 1 aromatic heterocycles. The first-order valence-electron chi connectivity index (χ1n) is 7.32. The van der Waals surface area contributed by atoms with Gasteiger partial charge in [-0.25, -0.2) is 4.79 Å². The number of rotatable bonds is 3. The summed E-state index contributed by atoms with van der Waals surface area (Å²) in [6.07, 6.45) is 0. The molecule has 0 aliphatic rings. The molecule has 0 radical (unpaired) electrons. The number of anilines is 2. The van der Waals surface area contributed by atoms with E-state index in [1.807, 2.05) is 43.3 Å². The number of hydrogen-bond donors (Lipinski definition) is 2. The van der Waals surface area contributed by atoms with E-state index in [4.69, 9.17) is 21.4 Å². The minimum absolute atomic E-state index is 0.365. The van der Waals surface area contributed by atoms with E-state index in [2.05, 4.69) is 10.6 Å². The molecule has 0 fully saturated rings. The van der Waals surface area contributed by atoms with Crippen LogP contribution in [0.25, 0.3) is 11.0 Å². The summed E-state index contributed by atoms with van der Waals surface area (Å²) in [5, 5.41) is 7.50. The van der Waals surface area contributed by atoms with Crippen LogP contribution in [-0.2, 0) is 0 Å². The van der Waals surface area contributed by atoms with Crippen LogP contribution in [-0.4, -0.2) is 12.2 Å². The maximum Gasteiger partial charge on any atom is 0.336 e. The highest BCUT2D eigenvalue weighted by Gasteiger charge is 2.05. The first kappa shape index (κ1) is 16.0. The van der Waals surface area contributed by atoms with Crippen LogP contribution in [0.15, 0.2) is 57.7 Å². The molecule has 0 spiro atoms. The number of hydrogen-bond acceptors (Lipinski definition) is 4. The summed E-state index contributed by atoms with van der Waals surface area (Å²) in [4.78, 5) is 11.5.